The average Bonchev–Trinajstić information content (AvgIpc) is 2.69. The minimum Gasteiger partial charge on any atom is -0.481 e. The van der Waals surface area contributed by atoms with Crippen molar-refractivity contribution in [3.05, 3.63) is 30.1 Å². The van der Waals surface area contributed by atoms with E-state index < -0.39 is 5.82 Å². The number of rotatable bonds is 3. The Hall–Kier alpha value is -1.62. The fraction of sp³-hybridized carbons (Fsp3) is 0.650. The monoisotopic (exact) mass is 346 g/mol. The van der Waals surface area contributed by atoms with Crippen molar-refractivity contribution in [2.24, 2.45) is 5.41 Å². The van der Waals surface area contributed by atoms with E-state index in [2.05, 4.69) is 23.8 Å². The Morgan fingerprint density at radius 3 is 2.76 bits per heavy atom. The maximum absolute atomic E-state index is 13.7. The molecule has 5 heteroatoms. The third-order valence-corrected chi connectivity index (χ3v) is 6.64. The second kappa shape index (κ2) is 6.27. The number of carbonyl (C=O) groups is 1. The Morgan fingerprint density at radius 1 is 1.28 bits per heavy atom. The first-order valence-corrected chi connectivity index (χ1v) is 9.39. The summed E-state index contributed by atoms with van der Waals surface area (Å²) in [5.74, 6) is -0.269. The van der Waals surface area contributed by atoms with Gasteiger partial charge in [0.2, 0.25) is 0 Å². The molecule has 0 N–H and O–H groups in total. The lowest BCUT2D eigenvalue weighted by Crippen LogP contribution is -2.51. The number of hydrogen-bond acceptors (Lipinski definition) is 3. The molecule has 2 heterocycles. The van der Waals surface area contributed by atoms with Gasteiger partial charge in [-0.15, -0.1) is 0 Å². The van der Waals surface area contributed by atoms with Crippen molar-refractivity contribution in [2.75, 3.05) is 20.2 Å². The van der Waals surface area contributed by atoms with Gasteiger partial charge in [-0.3, -0.25) is 4.79 Å². The molecule has 1 aromatic carbocycles. The average molecular weight is 346 g/mol. The number of fused-ring (bicyclic) bond motifs is 1. The standard InChI is InChI=1S/C20H27FN2O2/c1-20-11-14-12-22(2)17(20)9-5-6-10-18(20)23(14)19(24)13-25-16-8-4-3-7-15(16)21/h3-4,7-8,14,17-18H,5-6,9-13H2,1-2H3/t14-,17+,18-,20+/m0/s1. The minimum atomic E-state index is -0.420. The van der Waals surface area contributed by atoms with Crippen molar-refractivity contribution in [1.82, 2.24) is 9.80 Å². The summed E-state index contributed by atoms with van der Waals surface area (Å²) >= 11 is 0. The van der Waals surface area contributed by atoms with Crippen LogP contribution in [0.3, 0.4) is 0 Å². The summed E-state index contributed by atoms with van der Waals surface area (Å²) in [6.45, 7) is 3.21. The molecule has 4 atom stereocenters. The van der Waals surface area contributed by atoms with Gasteiger partial charge in [0.15, 0.2) is 18.2 Å². The first-order valence-electron chi connectivity index (χ1n) is 9.39. The quantitative estimate of drug-likeness (QED) is 0.843. The van der Waals surface area contributed by atoms with Gasteiger partial charge >= 0.3 is 0 Å². The maximum Gasteiger partial charge on any atom is 0.261 e. The molecular formula is C20H27FN2O2. The lowest BCUT2D eigenvalue weighted by molar-refractivity contribution is -0.136. The highest BCUT2D eigenvalue weighted by atomic mass is 19.1. The molecule has 0 radical (unpaired) electrons. The summed E-state index contributed by atoms with van der Waals surface area (Å²) < 4.78 is 19.3. The minimum absolute atomic E-state index is 0.00192. The van der Waals surface area contributed by atoms with Gasteiger partial charge in [-0.25, -0.2) is 4.39 Å². The number of para-hydroxylation sites is 1. The molecule has 0 aromatic heterocycles. The van der Waals surface area contributed by atoms with Gasteiger partial charge < -0.3 is 14.5 Å². The molecule has 0 unspecified atom stereocenters. The number of hydrogen-bond donors (Lipinski definition) is 0. The Labute approximate surface area is 148 Å². The van der Waals surface area contributed by atoms with Crippen molar-refractivity contribution < 1.29 is 13.9 Å². The number of nitrogens with zero attached hydrogens (tertiary/aromatic N) is 2. The van der Waals surface area contributed by atoms with Crippen LogP contribution >= 0.6 is 0 Å². The fourth-order valence-electron chi connectivity index (χ4n) is 5.64. The lowest BCUT2D eigenvalue weighted by atomic mass is 9.71. The van der Waals surface area contributed by atoms with Crippen LogP contribution in [-0.4, -0.2) is 54.0 Å². The molecule has 1 aromatic rings. The van der Waals surface area contributed by atoms with Crippen molar-refractivity contribution >= 4 is 5.91 Å². The Balaban J connectivity index is 1.53. The molecule has 0 spiro atoms. The molecule has 3 aliphatic rings. The third-order valence-electron chi connectivity index (χ3n) is 6.64. The fourth-order valence-corrected chi connectivity index (χ4v) is 5.64. The maximum atomic E-state index is 13.7. The molecule has 25 heavy (non-hydrogen) atoms. The summed E-state index contributed by atoms with van der Waals surface area (Å²) in [7, 11) is 2.20. The number of benzene rings is 1. The third kappa shape index (κ3) is 2.73. The van der Waals surface area contributed by atoms with Gasteiger partial charge in [0, 0.05) is 30.1 Å². The van der Waals surface area contributed by atoms with E-state index in [-0.39, 0.29) is 35.8 Å². The van der Waals surface area contributed by atoms with Crippen LogP contribution in [-0.2, 0) is 4.79 Å². The van der Waals surface area contributed by atoms with Crippen LogP contribution in [0.4, 0.5) is 4.39 Å². The number of carbonyl (C=O) groups excluding carboxylic acids is 1. The second-order valence-corrected chi connectivity index (χ2v) is 8.14. The zero-order chi connectivity index (χ0) is 17.6. The first-order chi connectivity index (χ1) is 12.0. The van der Waals surface area contributed by atoms with Gasteiger partial charge in [0.05, 0.1) is 0 Å². The second-order valence-electron chi connectivity index (χ2n) is 8.14. The number of likely N-dealkylation sites (tertiary alicyclic amines) is 2. The highest BCUT2D eigenvalue weighted by molar-refractivity contribution is 5.79. The van der Waals surface area contributed by atoms with Crippen molar-refractivity contribution in [1.29, 1.82) is 0 Å². The van der Waals surface area contributed by atoms with E-state index >= 15 is 0 Å². The van der Waals surface area contributed by atoms with Crippen molar-refractivity contribution in [2.45, 2.75) is 57.2 Å². The van der Waals surface area contributed by atoms with E-state index in [1.54, 1.807) is 18.2 Å². The summed E-state index contributed by atoms with van der Waals surface area (Å²) in [5, 5.41) is 0. The van der Waals surface area contributed by atoms with Crippen LogP contribution in [0, 0.1) is 11.2 Å². The normalized spacial score (nSPS) is 34.7. The Kier molecular flexibility index (Phi) is 4.22. The van der Waals surface area contributed by atoms with Crippen LogP contribution in [0.2, 0.25) is 0 Å². The number of piperidine rings is 1. The summed E-state index contributed by atoms with van der Waals surface area (Å²) in [4.78, 5) is 17.5. The van der Waals surface area contributed by atoms with E-state index in [9.17, 15) is 9.18 Å². The van der Waals surface area contributed by atoms with Crippen molar-refractivity contribution in [3.63, 3.8) is 0 Å². The Bertz CT molecular complexity index is 667. The molecular weight excluding hydrogens is 319 g/mol. The van der Waals surface area contributed by atoms with Crippen LogP contribution in [0.25, 0.3) is 0 Å². The molecule has 2 aliphatic heterocycles. The topological polar surface area (TPSA) is 32.8 Å². The smallest absolute Gasteiger partial charge is 0.261 e. The van der Waals surface area contributed by atoms with E-state index in [1.807, 2.05) is 0 Å². The van der Waals surface area contributed by atoms with Crippen molar-refractivity contribution in [3.8, 4) is 5.75 Å². The predicted molar refractivity (Wildman–Crippen MR) is 93.9 cm³/mol. The number of ether oxygens (including phenoxy) is 1. The molecule has 1 amide bonds. The molecule has 4 rings (SSSR count). The summed E-state index contributed by atoms with van der Waals surface area (Å²) in [6, 6.07) is 7.36. The molecule has 4 nitrogen and oxygen atoms in total. The van der Waals surface area contributed by atoms with Gasteiger partial charge in [0.25, 0.3) is 5.91 Å². The molecule has 136 valence electrons. The molecule has 2 saturated heterocycles. The van der Waals surface area contributed by atoms with Crippen LogP contribution in [0.5, 0.6) is 5.75 Å². The zero-order valence-electron chi connectivity index (χ0n) is 15.1. The Morgan fingerprint density at radius 2 is 2.00 bits per heavy atom. The summed E-state index contributed by atoms with van der Waals surface area (Å²) in [5.41, 5.74) is 0.168. The largest absolute Gasteiger partial charge is 0.481 e. The van der Waals surface area contributed by atoms with Gasteiger partial charge in [-0.2, -0.15) is 0 Å². The van der Waals surface area contributed by atoms with Gasteiger partial charge in [0.1, 0.15) is 0 Å². The summed E-state index contributed by atoms with van der Waals surface area (Å²) in [6.07, 6.45) is 5.79. The number of amides is 1. The molecule has 1 aliphatic carbocycles. The highest BCUT2D eigenvalue weighted by Crippen LogP contribution is 2.52. The van der Waals surface area contributed by atoms with E-state index in [1.165, 1.54) is 25.3 Å². The van der Waals surface area contributed by atoms with E-state index in [4.69, 9.17) is 4.74 Å². The zero-order valence-corrected chi connectivity index (χ0v) is 15.1. The van der Waals surface area contributed by atoms with E-state index in [0.29, 0.717) is 6.04 Å². The van der Waals surface area contributed by atoms with Crippen LogP contribution in [0.15, 0.2) is 24.3 Å². The van der Waals surface area contributed by atoms with E-state index in [0.717, 1.165) is 19.4 Å². The first kappa shape index (κ1) is 16.8. The molecule has 3 fully saturated rings. The highest BCUT2D eigenvalue weighted by Gasteiger charge is 2.59. The predicted octanol–water partition coefficient (Wildman–Crippen LogP) is 3.07. The SMILES string of the molecule is CN1C[C@@H]2C[C@@]3(C)[C@H](CCCC[C@@H]13)N2C(=O)COc1ccccc1F. The number of likely N-dealkylation sites (N-methyl/N-ethyl adjacent to an activating group) is 1. The number of halogens is 1. The van der Waals surface area contributed by atoms with Crippen LogP contribution < -0.4 is 4.74 Å². The molecule has 1 saturated carbocycles. The van der Waals surface area contributed by atoms with Crippen LogP contribution in [0.1, 0.15) is 39.0 Å². The molecule has 2 bridgehead atoms. The lowest BCUT2D eigenvalue weighted by Gasteiger charge is -2.44. The van der Waals surface area contributed by atoms with Gasteiger partial charge in [-0.1, -0.05) is 31.9 Å². The van der Waals surface area contributed by atoms with Gasteiger partial charge in [-0.05, 0) is 38.4 Å².